The fraction of sp³-hybridized carbons (Fsp3) is 0.579. The minimum absolute atomic E-state index is 0.0183. The van der Waals surface area contributed by atoms with Crippen molar-refractivity contribution in [3.63, 3.8) is 0 Å². The summed E-state index contributed by atoms with van der Waals surface area (Å²) in [5.74, 6) is 4.81. The SMILES string of the molecule is COc1c(N2CCC(C(C)(O)CO)C2)c(F)cc2c(=O)n(N)c(=O)n(C3CC3)c12. The fourth-order valence-corrected chi connectivity index (χ4v) is 4.20. The number of fused-ring (bicyclic) bond motifs is 1. The van der Waals surface area contributed by atoms with E-state index < -0.39 is 29.3 Å². The molecule has 1 aromatic heterocycles. The summed E-state index contributed by atoms with van der Waals surface area (Å²) in [4.78, 5) is 26.9. The lowest BCUT2D eigenvalue weighted by atomic mass is 9.89. The van der Waals surface area contributed by atoms with Crippen LogP contribution in [0.3, 0.4) is 0 Å². The molecule has 1 saturated carbocycles. The molecule has 1 aliphatic heterocycles. The summed E-state index contributed by atoms with van der Waals surface area (Å²) in [6.07, 6.45) is 2.07. The number of nitrogen functional groups attached to an aromatic ring is 1. The van der Waals surface area contributed by atoms with Crippen molar-refractivity contribution in [2.45, 2.75) is 37.8 Å². The Morgan fingerprint density at radius 2 is 2.03 bits per heavy atom. The summed E-state index contributed by atoms with van der Waals surface area (Å²) in [6.45, 7) is 1.87. The molecule has 29 heavy (non-hydrogen) atoms. The molecule has 9 nitrogen and oxygen atoms in total. The van der Waals surface area contributed by atoms with E-state index in [1.807, 2.05) is 0 Å². The van der Waals surface area contributed by atoms with Crippen molar-refractivity contribution in [2.24, 2.45) is 5.92 Å². The molecule has 4 rings (SSSR count). The van der Waals surface area contributed by atoms with Crippen molar-refractivity contribution in [3.05, 3.63) is 32.7 Å². The second-order valence-corrected chi connectivity index (χ2v) is 8.14. The number of methoxy groups -OCH3 is 1. The summed E-state index contributed by atoms with van der Waals surface area (Å²) in [6, 6.07) is 0.975. The van der Waals surface area contributed by atoms with Crippen molar-refractivity contribution in [3.8, 4) is 5.75 Å². The van der Waals surface area contributed by atoms with E-state index in [1.165, 1.54) is 11.7 Å². The third-order valence-electron chi connectivity index (χ3n) is 6.11. The van der Waals surface area contributed by atoms with Crippen LogP contribution in [0.1, 0.15) is 32.2 Å². The predicted octanol–water partition coefficient (Wildman–Crippen LogP) is -0.0708. The number of anilines is 1. The highest BCUT2D eigenvalue weighted by Gasteiger charge is 2.39. The fourth-order valence-electron chi connectivity index (χ4n) is 4.20. The van der Waals surface area contributed by atoms with Gasteiger partial charge in [0.25, 0.3) is 5.56 Å². The van der Waals surface area contributed by atoms with E-state index in [4.69, 9.17) is 10.6 Å². The first kappa shape index (κ1) is 19.7. The number of nitrogens with zero attached hydrogens (tertiary/aromatic N) is 3. The van der Waals surface area contributed by atoms with Crippen LogP contribution in [0.4, 0.5) is 10.1 Å². The zero-order chi connectivity index (χ0) is 21.1. The first-order valence-electron chi connectivity index (χ1n) is 9.62. The first-order valence-corrected chi connectivity index (χ1v) is 9.62. The molecular weight excluding hydrogens is 383 g/mol. The van der Waals surface area contributed by atoms with Gasteiger partial charge in [0, 0.05) is 25.0 Å². The highest BCUT2D eigenvalue weighted by atomic mass is 19.1. The van der Waals surface area contributed by atoms with E-state index >= 15 is 4.39 Å². The third kappa shape index (κ3) is 2.98. The van der Waals surface area contributed by atoms with Gasteiger partial charge in [-0.2, -0.15) is 4.68 Å². The Morgan fingerprint density at radius 1 is 1.34 bits per heavy atom. The number of ether oxygens (including phenoxy) is 1. The third-order valence-corrected chi connectivity index (χ3v) is 6.11. The normalized spacial score (nSPS) is 21.6. The summed E-state index contributed by atoms with van der Waals surface area (Å²) >= 11 is 0. The van der Waals surface area contributed by atoms with Crippen molar-refractivity contribution in [1.82, 2.24) is 9.24 Å². The van der Waals surface area contributed by atoms with Gasteiger partial charge in [0.1, 0.15) is 11.2 Å². The average Bonchev–Trinajstić information content (AvgIpc) is 3.41. The van der Waals surface area contributed by atoms with E-state index in [0.717, 1.165) is 18.9 Å². The number of nitrogens with two attached hydrogens (primary N) is 1. The number of halogens is 1. The molecule has 0 amide bonds. The van der Waals surface area contributed by atoms with Gasteiger partial charge in [-0.05, 0) is 32.3 Å². The van der Waals surface area contributed by atoms with Gasteiger partial charge >= 0.3 is 5.69 Å². The van der Waals surface area contributed by atoms with Crippen LogP contribution in [0.5, 0.6) is 5.75 Å². The monoisotopic (exact) mass is 408 g/mol. The molecule has 158 valence electrons. The molecule has 2 heterocycles. The van der Waals surface area contributed by atoms with Crippen LogP contribution >= 0.6 is 0 Å². The number of hydrogen-bond acceptors (Lipinski definition) is 7. The lowest BCUT2D eigenvalue weighted by molar-refractivity contribution is -0.0397. The summed E-state index contributed by atoms with van der Waals surface area (Å²) in [5, 5.41) is 19.8. The van der Waals surface area contributed by atoms with Gasteiger partial charge in [0.05, 0.1) is 24.7 Å². The molecule has 0 spiro atoms. The second kappa shape index (κ2) is 6.74. The first-order chi connectivity index (χ1) is 13.7. The second-order valence-electron chi connectivity index (χ2n) is 8.14. The number of rotatable bonds is 5. The smallest absolute Gasteiger partial charge is 0.350 e. The number of benzene rings is 1. The summed E-state index contributed by atoms with van der Waals surface area (Å²) in [5.41, 5.74) is -2.37. The van der Waals surface area contributed by atoms with Crippen molar-refractivity contribution >= 4 is 16.6 Å². The Hall–Kier alpha value is -2.59. The largest absolute Gasteiger partial charge is 0.492 e. The molecule has 1 aliphatic carbocycles. The minimum Gasteiger partial charge on any atom is -0.492 e. The molecule has 0 radical (unpaired) electrons. The Bertz CT molecular complexity index is 1090. The molecule has 2 unspecified atom stereocenters. The van der Waals surface area contributed by atoms with Crippen LogP contribution in [0.2, 0.25) is 0 Å². The molecule has 2 aliphatic rings. The quantitative estimate of drug-likeness (QED) is 0.592. The average molecular weight is 408 g/mol. The van der Waals surface area contributed by atoms with Crippen LogP contribution in [-0.4, -0.2) is 51.9 Å². The van der Waals surface area contributed by atoms with Crippen LogP contribution in [0.15, 0.2) is 15.7 Å². The van der Waals surface area contributed by atoms with Gasteiger partial charge in [-0.25, -0.2) is 9.18 Å². The number of aliphatic hydroxyl groups is 2. The minimum atomic E-state index is -1.29. The van der Waals surface area contributed by atoms with Crippen molar-refractivity contribution < 1.29 is 19.3 Å². The lowest BCUT2D eigenvalue weighted by Crippen LogP contribution is -2.44. The summed E-state index contributed by atoms with van der Waals surface area (Å²) in [7, 11) is 1.37. The Labute approximate surface area is 165 Å². The molecule has 1 aromatic carbocycles. The maximum atomic E-state index is 15.2. The van der Waals surface area contributed by atoms with Gasteiger partial charge in [0.15, 0.2) is 11.6 Å². The Kier molecular flexibility index (Phi) is 4.58. The van der Waals surface area contributed by atoms with Gasteiger partial charge in [0.2, 0.25) is 0 Å². The maximum Gasteiger partial charge on any atom is 0.350 e. The van der Waals surface area contributed by atoms with Gasteiger partial charge in [-0.3, -0.25) is 9.36 Å². The van der Waals surface area contributed by atoms with Gasteiger partial charge < -0.3 is 25.7 Å². The van der Waals surface area contributed by atoms with Crippen LogP contribution < -0.4 is 26.7 Å². The highest BCUT2D eigenvalue weighted by Crippen LogP contribution is 2.44. The maximum absolute atomic E-state index is 15.2. The van der Waals surface area contributed by atoms with E-state index in [9.17, 15) is 19.8 Å². The van der Waals surface area contributed by atoms with Crippen molar-refractivity contribution in [1.29, 1.82) is 0 Å². The van der Waals surface area contributed by atoms with Gasteiger partial charge in [-0.15, -0.1) is 0 Å². The molecule has 2 atom stereocenters. The van der Waals surface area contributed by atoms with E-state index in [2.05, 4.69) is 0 Å². The molecule has 2 aromatic rings. The van der Waals surface area contributed by atoms with Gasteiger partial charge in [-0.1, -0.05) is 0 Å². The molecule has 2 fully saturated rings. The molecule has 10 heteroatoms. The van der Waals surface area contributed by atoms with Crippen LogP contribution in [0, 0.1) is 11.7 Å². The number of aliphatic hydroxyl groups excluding tert-OH is 1. The van der Waals surface area contributed by atoms with E-state index in [-0.39, 0.29) is 34.3 Å². The van der Waals surface area contributed by atoms with Crippen LogP contribution in [0.25, 0.3) is 10.9 Å². The predicted molar refractivity (Wildman–Crippen MR) is 105 cm³/mol. The molecular formula is C19H25FN4O5. The zero-order valence-electron chi connectivity index (χ0n) is 16.4. The summed E-state index contributed by atoms with van der Waals surface area (Å²) < 4.78 is 22.6. The molecule has 0 bridgehead atoms. The zero-order valence-corrected chi connectivity index (χ0v) is 16.4. The van der Waals surface area contributed by atoms with E-state index in [1.54, 1.807) is 11.8 Å². The molecule has 4 N–H and O–H groups in total. The van der Waals surface area contributed by atoms with Crippen molar-refractivity contribution in [2.75, 3.05) is 37.5 Å². The molecule has 1 saturated heterocycles. The van der Waals surface area contributed by atoms with E-state index in [0.29, 0.717) is 24.2 Å². The Balaban J connectivity index is 1.94. The number of aromatic nitrogens is 2. The Morgan fingerprint density at radius 3 is 2.62 bits per heavy atom. The highest BCUT2D eigenvalue weighted by molar-refractivity contribution is 5.91. The number of hydrogen-bond donors (Lipinski definition) is 3. The van der Waals surface area contributed by atoms with Crippen LogP contribution in [-0.2, 0) is 0 Å². The lowest BCUT2D eigenvalue weighted by Gasteiger charge is -2.29. The topological polar surface area (TPSA) is 123 Å². The standard InChI is InChI=1S/C19H25FN4O5/c1-19(28,9-25)10-5-6-22(8-10)15-13(20)7-12-14(16(15)29-2)23(11-3-4-11)18(27)24(21)17(12)26/h7,10-11,25,28H,3-6,8-9,21H2,1-2H3.